The number of ether oxygens (including phenoxy) is 1. The number of nitrogens with one attached hydrogen (secondary N) is 2. The molecular weight excluding hydrogens is 554 g/mol. The lowest BCUT2D eigenvalue weighted by molar-refractivity contribution is -0.141. The fourth-order valence-electron chi connectivity index (χ4n) is 5.68. The molecule has 2 aliphatic rings. The van der Waals surface area contributed by atoms with Gasteiger partial charge >= 0.3 is 6.09 Å². The third kappa shape index (κ3) is 6.73. The van der Waals surface area contributed by atoms with Crippen LogP contribution in [0.5, 0.6) is 5.88 Å². The molecule has 230 valence electrons. The van der Waals surface area contributed by atoms with Crippen LogP contribution in [0.15, 0.2) is 47.1 Å². The smallest absolute Gasteiger partial charge is 0.391 e. The second kappa shape index (κ2) is 13.0. The minimum Gasteiger partial charge on any atom is -0.391 e. The van der Waals surface area contributed by atoms with Crippen molar-refractivity contribution in [3.8, 4) is 17.1 Å². The zero-order valence-corrected chi connectivity index (χ0v) is 24.9. The van der Waals surface area contributed by atoms with Gasteiger partial charge < -0.3 is 34.8 Å². The van der Waals surface area contributed by atoms with Crippen LogP contribution in [0.4, 0.5) is 4.79 Å². The quantitative estimate of drug-likeness (QED) is 0.356. The second-order valence-electron chi connectivity index (χ2n) is 11.5. The summed E-state index contributed by atoms with van der Waals surface area (Å²) in [6.45, 7) is 8.01. The van der Waals surface area contributed by atoms with E-state index in [4.69, 9.17) is 9.26 Å². The van der Waals surface area contributed by atoms with Gasteiger partial charge in [0.25, 0.3) is 5.88 Å². The summed E-state index contributed by atoms with van der Waals surface area (Å²) in [5.41, 5.74) is 2.89. The fraction of sp³-hybridized carbons (Fsp3) is 0.500. The summed E-state index contributed by atoms with van der Waals surface area (Å²) in [5.74, 6) is -1.54. The van der Waals surface area contributed by atoms with Gasteiger partial charge in [-0.15, -0.1) is 0 Å². The van der Waals surface area contributed by atoms with Crippen molar-refractivity contribution in [3.63, 3.8) is 0 Å². The number of likely N-dealkylation sites (tertiary alicyclic amines) is 1. The van der Waals surface area contributed by atoms with Crippen molar-refractivity contribution in [1.29, 1.82) is 0 Å². The van der Waals surface area contributed by atoms with E-state index >= 15 is 0 Å². The van der Waals surface area contributed by atoms with Gasteiger partial charge in [-0.05, 0) is 35.2 Å². The summed E-state index contributed by atoms with van der Waals surface area (Å²) in [7, 11) is 1.88. The van der Waals surface area contributed by atoms with Gasteiger partial charge in [0.05, 0.1) is 17.8 Å². The van der Waals surface area contributed by atoms with Crippen LogP contribution in [-0.4, -0.2) is 92.6 Å². The van der Waals surface area contributed by atoms with Gasteiger partial charge in [-0.25, -0.2) is 4.79 Å². The third-order valence-electron chi connectivity index (χ3n) is 8.06. The highest BCUT2D eigenvalue weighted by Gasteiger charge is 2.43. The van der Waals surface area contributed by atoms with E-state index in [1.165, 1.54) is 11.0 Å². The highest BCUT2D eigenvalue weighted by Crippen LogP contribution is 2.33. The molecule has 0 bridgehead atoms. The van der Waals surface area contributed by atoms with Crippen molar-refractivity contribution < 1.29 is 28.8 Å². The number of aromatic nitrogens is 3. The number of aliphatic hydroxyl groups is 1. The predicted octanol–water partition coefficient (Wildman–Crippen LogP) is 2.06. The molecule has 2 fully saturated rings. The average molecular weight is 594 g/mol. The maximum absolute atomic E-state index is 13.9. The number of benzene rings is 1. The number of aliphatic hydroxyl groups excluding tert-OH is 1. The van der Waals surface area contributed by atoms with Crippen LogP contribution in [0.3, 0.4) is 0 Å². The zero-order chi connectivity index (χ0) is 30.7. The first kappa shape index (κ1) is 30.2. The highest BCUT2D eigenvalue weighted by molar-refractivity contribution is 5.91. The number of hydrogen-bond acceptors (Lipinski definition) is 9. The molecule has 13 nitrogen and oxygen atoms in total. The molecular formula is C30H39N7O6. The molecule has 0 unspecified atom stereocenters. The maximum Gasteiger partial charge on any atom is 0.416 e. The molecule has 2 saturated heterocycles. The number of piperazine rings is 1. The Morgan fingerprint density at radius 2 is 1.84 bits per heavy atom. The summed E-state index contributed by atoms with van der Waals surface area (Å²) in [4.78, 5) is 42.8. The Balaban J connectivity index is 1.25. The standard InChI is InChI=1S/C30H39N7O6/c1-18(2)27(25-16-26(34-43-25)42-30(41)36-13-11-31-12-14-36)29(40)37-17-22(38)15-24(37)28(39)33-19(3)20-5-7-21(8-6-20)23-9-10-32-35(23)4/h5-10,16,18-19,22,24,27,31,38H,11-15,17H2,1-4H3,(H,33,39)/t19-,22+,24-,27+/m0/s1. The highest BCUT2D eigenvalue weighted by atomic mass is 16.6. The lowest BCUT2D eigenvalue weighted by atomic mass is 9.91. The molecule has 2 aromatic heterocycles. The molecule has 2 aliphatic heterocycles. The van der Waals surface area contributed by atoms with E-state index in [0.29, 0.717) is 26.2 Å². The van der Waals surface area contributed by atoms with Gasteiger partial charge in [0.1, 0.15) is 12.0 Å². The summed E-state index contributed by atoms with van der Waals surface area (Å²) >= 11 is 0. The van der Waals surface area contributed by atoms with Gasteiger partial charge in [0.2, 0.25) is 11.8 Å². The third-order valence-corrected chi connectivity index (χ3v) is 8.06. The number of carbonyl (C=O) groups excluding carboxylic acids is 3. The summed E-state index contributed by atoms with van der Waals surface area (Å²) in [6.07, 6.45) is 0.488. The van der Waals surface area contributed by atoms with E-state index in [9.17, 15) is 19.5 Å². The first-order valence-corrected chi connectivity index (χ1v) is 14.6. The van der Waals surface area contributed by atoms with Crippen molar-refractivity contribution in [3.05, 3.63) is 53.9 Å². The summed E-state index contributed by atoms with van der Waals surface area (Å²) in [5, 5.41) is 24.8. The molecule has 3 N–H and O–H groups in total. The van der Waals surface area contributed by atoms with E-state index in [1.807, 2.05) is 58.2 Å². The summed E-state index contributed by atoms with van der Waals surface area (Å²) < 4.78 is 12.7. The first-order chi connectivity index (χ1) is 20.6. The van der Waals surface area contributed by atoms with Crippen LogP contribution in [0.1, 0.15) is 50.5 Å². The van der Waals surface area contributed by atoms with Crippen LogP contribution in [0.25, 0.3) is 11.3 Å². The topological polar surface area (TPSA) is 155 Å². The van der Waals surface area contributed by atoms with E-state index < -0.39 is 24.2 Å². The Bertz CT molecular complexity index is 1430. The number of aryl methyl sites for hydroxylation is 1. The van der Waals surface area contributed by atoms with Crippen molar-refractivity contribution in [2.45, 2.75) is 51.3 Å². The maximum atomic E-state index is 13.9. The molecule has 13 heteroatoms. The Kier molecular flexibility index (Phi) is 9.11. The largest absolute Gasteiger partial charge is 0.416 e. The molecule has 4 atom stereocenters. The monoisotopic (exact) mass is 593 g/mol. The molecule has 3 aromatic rings. The van der Waals surface area contributed by atoms with Crippen LogP contribution < -0.4 is 15.4 Å². The van der Waals surface area contributed by atoms with Gasteiger partial charge in [0.15, 0.2) is 5.76 Å². The molecule has 0 radical (unpaired) electrons. The lowest BCUT2D eigenvalue weighted by Gasteiger charge is -2.29. The van der Waals surface area contributed by atoms with E-state index in [2.05, 4.69) is 20.9 Å². The lowest BCUT2D eigenvalue weighted by Crippen LogP contribution is -2.48. The number of nitrogens with zero attached hydrogens (tertiary/aromatic N) is 5. The van der Waals surface area contributed by atoms with Crippen LogP contribution in [-0.2, 0) is 16.6 Å². The van der Waals surface area contributed by atoms with Crippen molar-refractivity contribution in [1.82, 2.24) is 35.4 Å². The molecule has 5 rings (SSSR count). The van der Waals surface area contributed by atoms with Crippen molar-refractivity contribution >= 4 is 17.9 Å². The predicted molar refractivity (Wildman–Crippen MR) is 156 cm³/mol. The van der Waals surface area contributed by atoms with Crippen molar-refractivity contribution in [2.24, 2.45) is 13.0 Å². The fourth-order valence-corrected chi connectivity index (χ4v) is 5.68. The number of hydrogen-bond donors (Lipinski definition) is 3. The van der Waals surface area contributed by atoms with E-state index in [0.717, 1.165) is 16.8 Å². The van der Waals surface area contributed by atoms with Crippen molar-refractivity contribution in [2.75, 3.05) is 32.7 Å². The molecule has 43 heavy (non-hydrogen) atoms. The SMILES string of the molecule is CC(C)[C@@H](C(=O)N1C[C@H](O)C[C@H]1C(=O)N[C@@H](C)c1ccc(-c2ccnn2C)cc1)c1cc(OC(=O)N2CCNCC2)no1. The molecule has 3 amide bonds. The molecule has 0 spiro atoms. The number of carbonyl (C=O) groups is 3. The van der Waals surface area contributed by atoms with Crippen LogP contribution >= 0.6 is 0 Å². The number of rotatable bonds is 8. The second-order valence-corrected chi connectivity index (χ2v) is 11.5. The molecule has 1 aromatic carbocycles. The van der Waals surface area contributed by atoms with Gasteiger partial charge in [-0.3, -0.25) is 14.3 Å². The average Bonchev–Trinajstić information content (AvgIpc) is 3.73. The van der Waals surface area contributed by atoms with E-state index in [1.54, 1.807) is 15.8 Å². The van der Waals surface area contributed by atoms with Crippen LogP contribution in [0.2, 0.25) is 0 Å². The van der Waals surface area contributed by atoms with Crippen LogP contribution in [0, 0.1) is 5.92 Å². The minimum atomic E-state index is -0.854. The minimum absolute atomic E-state index is 0.0207. The summed E-state index contributed by atoms with van der Waals surface area (Å²) in [6, 6.07) is 10.0. The first-order valence-electron chi connectivity index (χ1n) is 14.6. The zero-order valence-electron chi connectivity index (χ0n) is 24.9. The normalized spacial score (nSPS) is 20.2. The Hall–Kier alpha value is -4.23. The van der Waals surface area contributed by atoms with Gasteiger partial charge in [-0.1, -0.05) is 38.1 Å². The van der Waals surface area contributed by atoms with Gasteiger partial charge in [-0.2, -0.15) is 5.10 Å². The molecule has 0 saturated carbocycles. The number of amides is 3. The molecule has 4 heterocycles. The number of β-amino-alcohol motifs (C(OH)–C–C–N with tert-alkyl or cyclic N) is 1. The van der Waals surface area contributed by atoms with E-state index in [-0.39, 0.29) is 48.4 Å². The Morgan fingerprint density at radius 3 is 2.49 bits per heavy atom. The Labute approximate surface area is 250 Å². The van der Waals surface area contributed by atoms with Gasteiger partial charge in [0, 0.05) is 58.5 Å². The molecule has 0 aliphatic carbocycles. The Morgan fingerprint density at radius 1 is 1.12 bits per heavy atom.